The molecule has 0 heterocycles. The zero-order valence-electron chi connectivity index (χ0n) is 26.3. The van der Waals surface area contributed by atoms with Crippen LogP contribution in [0.25, 0.3) is 0 Å². The molecular formula is C37H60O4. The Labute approximate surface area is 252 Å². The fourth-order valence-corrected chi connectivity index (χ4v) is 3.86. The number of carbonyl (C=O) groups is 1. The number of rotatable bonds is 28. The Morgan fingerprint density at radius 1 is 0.585 bits per heavy atom. The maximum absolute atomic E-state index is 12.1. The van der Waals surface area contributed by atoms with Crippen molar-refractivity contribution in [2.75, 3.05) is 19.8 Å². The Bertz CT molecular complexity index is 770. The van der Waals surface area contributed by atoms with Gasteiger partial charge in [-0.15, -0.1) is 0 Å². The van der Waals surface area contributed by atoms with Crippen molar-refractivity contribution in [1.29, 1.82) is 0 Å². The third kappa shape index (κ3) is 32.0. The van der Waals surface area contributed by atoms with E-state index in [1.165, 1.54) is 12.8 Å². The molecule has 0 amide bonds. The van der Waals surface area contributed by atoms with Crippen LogP contribution in [0.4, 0.5) is 0 Å². The van der Waals surface area contributed by atoms with Crippen molar-refractivity contribution in [1.82, 2.24) is 0 Å². The summed E-state index contributed by atoms with van der Waals surface area (Å²) in [6.45, 7) is 4.99. The summed E-state index contributed by atoms with van der Waals surface area (Å²) in [4.78, 5) is 12.1. The van der Waals surface area contributed by atoms with Gasteiger partial charge in [-0.25, -0.2) is 0 Å². The van der Waals surface area contributed by atoms with Crippen molar-refractivity contribution in [3.05, 3.63) is 85.1 Å². The highest BCUT2D eigenvalue weighted by atomic mass is 16.6. The van der Waals surface area contributed by atoms with Crippen LogP contribution in [-0.4, -0.2) is 37.0 Å². The minimum absolute atomic E-state index is 0.204. The summed E-state index contributed by atoms with van der Waals surface area (Å²) < 4.78 is 11.0. The molecule has 0 aliphatic carbocycles. The maximum atomic E-state index is 12.1. The van der Waals surface area contributed by atoms with Gasteiger partial charge in [0, 0.05) is 13.0 Å². The lowest BCUT2D eigenvalue weighted by Gasteiger charge is -2.15. The number of ether oxygens (including phenoxy) is 2. The molecular weight excluding hydrogens is 508 g/mol. The van der Waals surface area contributed by atoms with E-state index in [0.717, 1.165) is 83.5 Å². The first-order chi connectivity index (χ1) is 20.2. The molecule has 1 unspecified atom stereocenters. The van der Waals surface area contributed by atoms with Crippen LogP contribution >= 0.6 is 0 Å². The first kappa shape index (κ1) is 38.6. The van der Waals surface area contributed by atoms with Crippen LogP contribution in [0.2, 0.25) is 0 Å². The molecule has 0 aromatic carbocycles. The van der Waals surface area contributed by atoms with Gasteiger partial charge in [0.15, 0.2) is 0 Å². The minimum Gasteiger partial charge on any atom is -0.457 e. The van der Waals surface area contributed by atoms with E-state index in [1.54, 1.807) is 0 Å². The van der Waals surface area contributed by atoms with Crippen molar-refractivity contribution in [2.24, 2.45) is 0 Å². The lowest BCUT2D eigenvalue weighted by atomic mass is 10.1. The molecule has 0 aromatic rings. The Morgan fingerprint density at radius 3 is 1.51 bits per heavy atom. The fourth-order valence-electron chi connectivity index (χ4n) is 3.86. The van der Waals surface area contributed by atoms with E-state index in [4.69, 9.17) is 9.47 Å². The van der Waals surface area contributed by atoms with E-state index in [2.05, 4.69) is 98.9 Å². The van der Waals surface area contributed by atoms with Crippen LogP contribution in [0.3, 0.4) is 0 Å². The molecule has 0 bridgehead atoms. The third-order valence-corrected chi connectivity index (χ3v) is 6.22. The summed E-state index contributed by atoms with van der Waals surface area (Å²) in [6.07, 6.45) is 46.2. The maximum Gasteiger partial charge on any atom is 0.306 e. The molecule has 41 heavy (non-hydrogen) atoms. The van der Waals surface area contributed by atoms with Gasteiger partial charge in [0.1, 0.15) is 6.10 Å². The molecule has 4 heteroatoms. The number of aliphatic hydroxyl groups is 1. The van der Waals surface area contributed by atoms with Crippen LogP contribution in [0.15, 0.2) is 85.1 Å². The smallest absolute Gasteiger partial charge is 0.306 e. The van der Waals surface area contributed by atoms with E-state index in [0.29, 0.717) is 13.0 Å². The summed E-state index contributed by atoms with van der Waals surface area (Å²) in [6, 6.07) is 0. The normalized spacial score (nSPS) is 13.5. The number of allylic oxidation sites excluding steroid dienone is 14. The first-order valence-corrected chi connectivity index (χ1v) is 16.2. The van der Waals surface area contributed by atoms with Crippen molar-refractivity contribution < 1.29 is 19.4 Å². The standard InChI is InChI=1S/C37H60O4/c1-3-5-7-9-11-13-15-17-19-20-22-24-26-28-30-32-37(39)41-36(34-38)35-40-33-31-29-27-25-23-21-18-16-14-12-10-8-6-4-2/h5-8,11-14,17-19,21-22,24,36,38H,3-4,9-10,15-16,20,23,25-35H2,1-2H3/b7-5-,8-6-,13-11-,14-12-,19-17-,21-18-,24-22-. The number of carbonyl (C=O) groups excluding carboxylic acids is 1. The number of hydrogen-bond acceptors (Lipinski definition) is 4. The molecule has 1 N–H and O–H groups in total. The van der Waals surface area contributed by atoms with Crippen molar-refractivity contribution in [3.63, 3.8) is 0 Å². The molecule has 0 spiro atoms. The summed E-state index contributed by atoms with van der Waals surface area (Å²) in [7, 11) is 0. The quantitative estimate of drug-likeness (QED) is 0.0579. The van der Waals surface area contributed by atoms with Gasteiger partial charge in [-0.3, -0.25) is 4.79 Å². The SMILES string of the molecule is CC/C=C\C/C=C\C/C=C\C/C=C\CCCCC(=O)OC(CO)COCCCCCC/C=C\C/C=C\C/C=C\CC. The van der Waals surface area contributed by atoms with Crippen LogP contribution in [-0.2, 0) is 14.3 Å². The van der Waals surface area contributed by atoms with E-state index >= 15 is 0 Å². The number of aliphatic hydroxyl groups excluding tert-OH is 1. The van der Waals surface area contributed by atoms with Crippen LogP contribution < -0.4 is 0 Å². The van der Waals surface area contributed by atoms with Crippen molar-refractivity contribution in [2.45, 2.75) is 123 Å². The molecule has 0 saturated heterocycles. The lowest BCUT2D eigenvalue weighted by molar-refractivity contribution is -0.154. The molecule has 0 saturated carbocycles. The summed E-state index contributed by atoms with van der Waals surface area (Å²) in [5.74, 6) is -0.255. The second kappa shape index (κ2) is 33.8. The summed E-state index contributed by atoms with van der Waals surface area (Å²) >= 11 is 0. The molecule has 0 aliphatic heterocycles. The minimum atomic E-state index is -0.571. The largest absolute Gasteiger partial charge is 0.457 e. The third-order valence-electron chi connectivity index (χ3n) is 6.22. The van der Waals surface area contributed by atoms with E-state index < -0.39 is 6.10 Å². The molecule has 0 aliphatic rings. The monoisotopic (exact) mass is 568 g/mol. The van der Waals surface area contributed by atoms with Gasteiger partial charge < -0.3 is 14.6 Å². The van der Waals surface area contributed by atoms with Crippen LogP contribution in [0.5, 0.6) is 0 Å². The van der Waals surface area contributed by atoms with E-state index in [-0.39, 0.29) is 19.2 Å². The number of hydrogen-bond donors (Lipinski definition) is 1. The Morgan fingerprint density at radius 2 is 1.02 bits per heavy atom. The molecule has 0 aromatic heterocycles. The summed E-state index contributed by atoms with van der Waals surface area (Å²) in [5, 5.41) is 9.51. The number of unbranched alkanes of at least 4 members (excludes halogenated alkanes) is 6. The predicted octanol–water partition coefficient (Wildman–Crippen LogP) is 10.1. The van der Waals surface area contributed by atoms with Gasteiger partial charge in [0.25, 0.3) is 0 Å². The molecule has 0 radical (unpaired) electrons. The van der Waals surface area contributed by atoms with Gasteiger partial charge in [0.2, 0.25) is 0 Å². The van der Waals surface area contributed by atoms with Gasteiger partial charge in [0.05, 0.1) is 13.2 Å². The molecule has 232 valence electrons. The number of esters is 1. The Balaban J connectivity index is 3.63. The molecule has 1 atom stereocenters. The van der Waals surface area contributed by atoms with Crippen molar-refractivity contribution in [3.8, 4) is 0 Å². The molecule has 0 rings (SSSR count). The van der Waals surface area contributed by atoms with E-state index in [1.807, 2.05) is 0 Å². The van der Waals surface area contributed by atoms with Gasteiger partial charge in [-0.05, 0) is 83.5 Å². The predicted molar refractivity (Wildman–Crippen MR) is 177 cm³/mol. The second-order valence-corrected chi connectivity index (χ2v) is 10.1. The second-order valence-electron chi connectivity index (χ2n) is 10.1. The van der Waals surface area contributed by atoms with Crippen molar-refractivity contribution >= 4 is 5.97 Å². The average molecular weight is 569 g/mol. The van der Waals surface area contributed by atoms with E-state index in [9.17, 15) is 9.90 Å². The fraction of sp³-hybridized carbons (Fsp3) is 0.595. The highest BCUT2D eigenvalue weighted by Gasteiger charge is 2.13. The Hall–Kier alpha value is -2.43. The van der Waals surface area contributed by atoms with Gasteiger partial charge in [-0.2, -0.15) is 0 Å². The zero-order chi connectivity index (χ0) is 29.9. The lowest BCUT2D eigenvalue weighted by Crippen LogP contribution is -2.27. The molecule has 4 nitrogen and oxygen atoms in total. The van der Waals surface area contributed by atoms with Gasteiger partial charge >= 0.3 is 5.97 Å². The summed E-state index contributed by atoms with van der Waals surface area (Å²) in [5.41, 5.74) is 0. The zero-order valence-corrected chi connectivity index (χ0v) is 26.3. The van der Waals surface area contributed by atoms with Crippen LogP contribution in [0, 0.1) is 0 Å². The van der Waals surface area contributed by atoms with Crippen LogP contribution in [0.1, 0.15) is 117 Å². The highest BCUT2D eigenvalue weighted by molar-refractivity contribution is 5.69. The average Bonchev–Trinajstić information content (AvgIpc) is 2.98. The van der Waals surface area contributed by atoms with Gasteiger partial charge in [-0.1, -0.05) is 112 Å². The highest BCUT2D eigenvalue weighted by Crippen LogP contribution is 2.07. The first-order valence-electron chi connectivity index (χ1n) is 16.2. The molecule has 0 fully saturated rings. The Kier molecular flexibility index (Phi) is 31.8. The topological polar surface area (TPSA) is 55.8 Å².